The minimum atomic E-state index is -0.403. The van der Waals surface area contributed by atoms with Crippen molar-refractivity contribution >= 4 is 34.8 Å². The Balaban J connectivity index is 2.05. The summed E-state index contributed by atoms with van der Waals surface area (Å²) in [5.41, 5.74) is 0.486. The van der Waals surface area contributed by atoms with E-state index in [0.717, 1.165) is 0 Å². The highest BCUT2D eigenvalue weighted by atomic mass is 35.5. The molecule has 0 unspecified atom stereocenters. The van der Waals surface area contributed by atoms with E-state index in [9.17, 15) is 9.18 Å². The topological polar surface area (TPSA) is 63.6 Å². The average molecular weight is 305 g/mol. The van der Waals surface area contributed by atoms with Gasteiger partial charge in [-0.2, -0.15) is 5.10 Å². The summed E-state index contributed by atoms with van der Waals surface area (Å²) in [5, 5.41) is 4.81. The highest BCUT2D eigenvalue weighted by molar-refractivity contribution is 6.30. The minimum Gasteiger partial charge on any atom is -0.306 e. The first-order chi connectivity index (χ1) is 10.0. The Kier molecular flexibility index (Phi) is 3.31. The Bertz CT molecular complexity index is 913. The Labute approximate surface area is 123 Å². The zero-order valence-electron chi connectivity index (χ0n) is 11.0. The van der Waals surface area contributed by atoms with E-state index < -0.39 is 5.82 Å². The van der Waals surface area contributed by atoms with Crippen LogP contribution in [0.2, 0.25) is 5.02 Å². The molecular weight excluding hydrogens is 295 g/mol. The van der Waals surface area contributed by atoms with Gasteiger partial charge in [0.15, 0.2) is 5.65 Å². The number of H-pyrrole nitrogens is 1. The van der Waals surface area contributed by atoms with Gasteiger partial charge in [0.25, 0.3) is 5.56 Å². The highest BCUT2D eigenvalue weighted by Gasteiger charge is 2.06. The lowest BCUT2D eigenvalue weighted by Gasteiger charge is -1.99. The summed E-state index contributed by atoms with van der Waals surface area (Å²) in [6.07, 6.45) is 4.47. The first-order valence-electron chi connectivity index (χ1n) is 6.10. The summed E-state index contributed by atoms with van der Waals surface area (Å²) in [6.45, 7) is 0. The first kappa shape index (κ1) is 13.5. The second-order valence-corrected chi connectivity index (χ2v) is 4.89. The summed E-state index contributed by atoms with van der Waals surface area (Å²) < 4.78 is 15.1. The lowest BCUT2D eigenvalue weighted by atomic mass is 10.2. The van der Waals surface area contributed by atoms with Gasteiger partial charge >= 0.3 is 0 Å². The van der Waals surface area contributed by atoms with Crippen molar-refractivity contribution in [3.63, 3.8) is 0 Å². The summed E-state index contributed by atoms with van der Waals surface area (Å²) in [7, 11) is 1.69. The summed E-state index contributed by atoms with van der Waals surface area (Å²) in [5.74, 6) is -0.0879. The van der Waals surface area contributed by atoms with E-state index >= 15 is 0 Å². The van der Waals surface area contributed by atoms with E-state index in [0.29, 0.717) is 27.4 Å². The van der Waals surface area contributed by atoms with E-state index in [1.807, 2.05) is 0 Å². The SMILES string of the molecule is Cn1ncc2c(=O)[nH]c(/C=C/c3cc(Cl)ccc3F)nc21. The van der Waals surface area contributed by atoms with Gasteiger partial charge in [-0.1, -0.05) is 11.6 Å². The molecule has 106 valence electrons. The van der Waals surface area contributed by atoms with E-state index in [2.05, 4.69) is 15.1 Å². The lowest BCUT2D eigenvalue weighted by molar-refractivity contribution is 0.625. The van der Waals surface area contributed by atoms with Crippen molar-refractivity contribution in [3.8, 4) is 0 Å². The maximum atomic E-state index is 13.6. The number of nitrogens with zero attached hydrogens (tertiary/aromatic N) is 3. The molecule has 0 aliphatic carbocycles. The van der Waals surface area contributed by atoms with Crippen LogP contribution < -0.4 is 5.56 Å². The third-order valence-corrected chi connectivity index (χ3v) is 3.23. The Morgan fingerprint density at radius 2 is 2.19 bits per heavy atom. The van der Waals surface area contributed by atoms with Crippen LogP contribution in [0, 0.1) is 5.82 Å². The van der Waals surface area contributed by atoms with Crippen LogP contribution in [0.5, 0.6) is 0 Å². The van der Waals surface area contributed by atoms with Crippen LogP contribution in [0.3, 0.4) is 0 Å². The summed E-state index contributed by atoms with van der Waals surface area (Å²) >= 11 is 5.82. The monoisotopic (exact) mass is 304 g/mol. The molecule has 2 aromatic heterocycles. The van der Waals surface area contributed by atoms with Crippen molar-refractivity contribution in [2.24, 2.45) is 7.05 Å². The fourth-order valence-electron chi connectivity index (χ4n) is 1.94. The molecule has 7 heteroatoms. The molecule has 1 N–H and O–H groups in total. The molecule has 21 heavy (non-hydrogen) atoms. The van der Waals surface area contributed by atoms with Crippen LogP contribution in [-0.4, -0.2) is 19.7 Å². The number of aromatic amines is 1. The van der Waals surface area contributed by atoms with Crippen molar-refractivity contribution in [2.45, 2.75) is 0 Å². The second kappa shape index (κ2) is 5.14. The molecule has 1 aromatic carbocycles. The van der Waals surface area contributed by atoms with Crippen molar-refractivity contribution in [3.05, 3.63) is 57.0 Å². The Hall–Kier alpha value is -2.47. The van der Waals surface area contributed by atoms with Gasteiger partial charge in [0.05, 0.1) is 6.20 Å². The van der Waals surface area contributed by atoms with Crippen molar-refractivity contribution < 1.29 is 4.39 Å². The number of aromatic nitrogens is 4. The van der Waals surface area contributed by atoms with E-state index in [-0.39, 0.29) is 5.56 Å². The maximum Gasteiger partial charge on any atom is 0.262 e. The van der Waals surface area contributed by atoms with Crippen LogP contribution in [0.4, 0.5) is 4.39 Å². The Morgan fingerprint density at radius 3 is 3.00 bits per heavy atom. The molecule has 3 aromatic rings. The van der Waals surface area contributed by atoms with Crippen LogP contribution in [-0.2, 0) is 7.05 Å². The quantitative estimate of drug-likeness (QED) is 0.791. The van der Waals surface area contributed by atoms with Gasteiger partial charge in [-0.3, -0.25) is 9.48 Å². The number of hydrogen-bond acceptors (Lipinski definition) is 3. The predicted molar refractivity (Wildman–Crippen MR) is 79.5 cm³/mol. The number of hydrogen-bond donors (Lipinski definition) is 1. The molecule has 0 amide bonds. The molecule has 3 rings (SSSR count). The van der Waals surface area contributed by atoms with E-state index in [4.69, 9.17) is 11.6 Å². The van der Waals surface area contributed by atoms with Crippen molar-refractivity contribution in [1.29, 1.82) is 0 Å². The lowest BCUT2D eigenvalue weighted by Crippen LogP contribution is -2.09. The molecule has 0 bridgehead atoms. The summed E-state index contributed by atoms with van der Waals surface area (Å²) in [6, 6.07) is 4.24. The van der Waals surface area contributed by atoms with Crippen LogP contribution in [0.15, 0.2) is 29.2 Å². The largest absolute Gasteiger partial charge is 0.306 e. The fourth-order valence-corrected chi connectivity index (χ4v) is 2.12. The van der Waals surface area contributed by atoms with Gasteiger partial charge < -0.3 is 4.98 Å². The molecule has 2 heterocycles. The highest BCUT2D eigenvalue weighted by Crippen LogP contribution is 2.17. The van der Waals surface area contributed by atoms with Crippen molar-refractivity contribution in [1.82, 2.24) is 19.7 Å². The second-order valence-electron chi connectivity index (χ2n) is 4.46. The molecule has 0 spiro atoms. The minimum absolute atomic E-state index is 0.292. The van der Waals surface area contributed by atoms with Crippen LogP contribution in [0.25, 0.3) is 23.2 Å². The normalized spacial score (nSPS) is 11.6. The molecule has 0 saturated heterocycles. The molecule has 0 fully saturated rings. The molecule has 5 nitrogen and oxygen atoms in total. The van der Waals surface area contributed by atoms with Gasteiger partial charge in [-0.05, 0) is 30.4 Å². The third kappa shape index (κ3) is 2.57. The van der Waals surface area contributed by atoms with Gasteiger partial charge in [0, 0.05) is 17.6 Å². The van der Waals surface area contributed by atoms with E-state index in [1.165, 1.54) is 41.2 Å². The van der Waals surface area contributed by atoms with Gasteiger partial charge in [0.1, 0.15) is 17.0 Å². The molecule has 0 aliphatic rings. The number of fused-ring (bicyclic) bond motifs is 1. The number of rotatable bonds is 2. The zero-order valence-corrected chi connectivity index (χ0v) is 11.7. The standard InChI is InChI=1S/C14H10ClFN4O/c1-20-13-10(7-17-20)14(21)19-12(18-13)5-2-8-6-9(15)3-4-11(8)16/h2-7H,1H3,(H,18,19,21)/b5-2+. The van der Waals surface area contributed by atoms with Crippen LogP contribution >= 0.6 is 11.6 Å². The third-order valence-electron chi connectivity index (χ3n) is 3.00. The molecule has 0 saturated carbocycles. The van der Waals surface area contributed by atoms with Gasteiger partial charge in [-0.15, -0.1) is 0 Å². The Morgan fingerprint density at radius 1 is 1.38 bits per heavy atom. The van der Waals surface area contributed by atoms with E-state index in [1.54, 1.807) is 7.05 Å². The number of benzene rings is 1. The number of halogens is 2. The number of aryl methyl sites for hydroxylation is 1. The maximum absolute atomic E-state index is 13.6. The summed E-state index contributed by atoms with van der Waals surface area (Å²) in [4.78, 5) is 18.7. The fraction of sp³-hybridized carbons (Fsp3) is 0.0714. The smallest absolute Gasteiger partial charge is 0.262 e. The molecule has 0 radical (unpaired) electrons. The molecule has 0 aliphatic heterocycles. The zero-order chi connectivity index (χ0) is 15.0. The number of nitrogens with one attached hydrogen (secondary N) is 1. The van der Waals surface area contributed by atoms with Gasteiger partial charge in [0.2, 0.25) is 0 Å². The molecule has 0 atom stereocenters. The average Bonchev–Trinajstić information content (AvgIpc) is 2.82. The van der Waals surface area contributed by atoms with Crippen molar-refractivity contribution in [2.75, 3.05) is 0 Å². The van der Waals surface area contributed by atoms with Gasteiger partial charge in [-0.25, -0.2) is 9.37 Å². The first-order valence-corrected chi connectivity index (χ1v) is 6.47. The molecular formula is C14H10ClFN4O. The van der Waals surface area contributed by atoms with Crippen LogP contribution in [0.1, 0.15) is 11.4 Å². The predicted octanol–water partition coefficient (Wildman–Crippen LogP) is 2.62.